The third-order valence-electron chi connectivity index (χ3n) is 3.25. The molecule has 0 aliphatic heterocycles. The molecule has 0 amide bonds. The molecule has 0 bridgehead atoms. The number of hydrogen-bond acceptors (Lipinski definition) is 2. The van der Waals surface area contributed by atoms with Gasteiger partial charge in [0.2, 0.25) is 5.82 Å². The highest BCUT2D eigenvalue weighted by Crippen LogP contribution is 2.48. The van der Waals surface area contributed by atoms with E-state index < -0.39 is 11.6 Å². The van der Waals surface area contributed by atoms with Crippen LogP contribution < -0.4 is 5.32 Å². The molecule has 1 aromatic carbocycles. The maximum atomic E-state index is 13.8. The number of nitrogens with one attached hydrogen (secondary N) is 1. The summed E-state index contributed by atoms with van der Waals surface area (Å²) in [5.74, 6) is -0.671. The molecule has 1 fully saturated rings. The van der Waals surface area contributed by atoms with Crippen LogP contribution in [-0.2, 0) is 6.54 Å². The van der Waals surface area contributed by atoms with Crippen molar-refractivity contribution in [1.82, 2.24) is 5.32 Å². The number of benzene rings is 1. The van der Waals surface area contributed by atoms with Crippen molar-refractivity contribution in [3.05, 3.63) is 33.5 Å². The first-order chi connectivity index (χ1) is 8.63. The van der Waals surface area contributed by atoms with E-state index in [9.17, 15) is 8.78 Å². The topological polar surface area (TPSA) is 25.2 Å². The van der Waals surface area contributed by atoms with Gasteiger partial charge in [0.05, 0.1) is 6.54 Å². The summed E-state index contributed by atoms with van der Waals surface area (Å²) in [6.07, 6.45) is 2.16. The van der Waals surface area contributed by atoms with Gasteiger partial charge in [-0.15, -0.1) is 0 Å². The summed E-state index contributed by atoms with van der Waals surface area (Å²) in [7, 11) is 1.80. The summed E-state index contributed by atoms with van der Waals surface area (Å²) in [5.41, 5.74) is 1.04. The summed E-state index contributed by atoms with van der Waals surface area (Å²) in [6, 6.07) is 1.17. The summed E-state index contributed by atoms with van der Waals surface area (Å²) >= 11 is 3.31. The second-order valence-electron chi connectivity index (χ2n) is 4.60. The SMILES string of the molecule is CNCc1oc2c(F)c(F)cc(Br)c2c1C1CC1. The highest BCUT2D eigenvalue weighted by Gasteiger charge is 2.33. The van der Waals surface area contributed by atoms with E-state index in [1.54, 1.807) is 7.05 Å². The smallest absolute Gasteiger partial charge is 0.201 e. The monoisotopic (exact) mass is 315 g/mol. The molecule has 96 valence electrons. The fraction of sp³-hybridized carbons (Fsp3) is 0.385. The van der Waals surface area contributed by atoms with Gasteiger partial charge in [0.1, 0.15) is 5.76 Å². The third-order valence-corrected chi connectivity index (χ3v) is 3.87. The Morgan fingerprint density at radius 3 is 2.78 bits per heavy atom. The average molecular weight is 316 g/mol. The lowest BCUT2D eigenvalue weighted by Gasteiger charge is -2.01. The minimum atomic E-state index is -0.905. The van der Waals surface area contributed by atoms with Crippen molar-refractivity contribution in [3.8, 4) is 0 Å². The third kappa shape index (κ3) is 1.77. The Bertz CT molecular complexity index is 619. The predicted octanol–water partition coefficient (Wildman–Crippen LogP) is 4.07. The highest BCUT2D eigenvalue weighted by atomic mass is 79.9. The van der Waals surface area contributed by atoms with E-state index in [1.165, 1.54) is 6.07 Å². The van der Waals surface area contributed by atoms with Gasteiger partial charge in [-0.05, 0) is 47.8 Å². The van der Waals surface area contributed by atoms with Gasteiger partial charge in [0.25, 0.3) is 0 Å². The molecule has 1 aliphatic carbocycles. The van der Waals surface area contributed by atoms with E-state index in [-0.39, 0.29) is 5.58 Å². The number of rotatable bonds is 3. The molecule has 0 unspecified atom stereocenters. The van der Waals surface area contributed by atoms with Gasteiger partial charge < -0.3 is 9.73 Å². The van der Waals surface area contributed by atoms with Gasteiger partial charge in [-0.1, -0.05) is 0 Å². The molecule has 5 heteroatoms. The van der Waals surface area contributed by atoms with Crippen LogP contribution >= 0.6 is 15.9 Å². The molecule has 0 radical (unpaired) electrons. The minimum Gasteiger partial charge on any atom is -0.456 e. The molecule has 2 nitrogen and oxygen atoms in total. The van der Waals surface area contributed by atoms with Crippen LogP contribution in [0, 0.1) is 11.6 Å². The maximum Gasteiger partial charge on any atom is 0.201 e. The summed E-state index contributed by atoms with van der Waals surface area (Å²) in [5, 5.41) is 3.68. The second kappa shape index (κ2) is 4.31. The molecule has 2 aromatic rings. The number of furan rings is 1. The zero-order valence-corrected chi connectivity index (χ0v) is 11.4. The van der Waals surface area contributed by atoms with Gasteiger partial charge >= 0.3 is 0 Å². The Morgan fingerprint density at radius 2 is 2.17 bits per heavy atom. The molecule has 1 saturated carbocycles. The first-order valence-corrected chi connectivity index (χ1v) is 6.66. The molecule has 0 atom stereocenters. The molecular weight excluding hydrogens is 304 g/mol. The molecule has 1 aliphatic rings. The quantitative estimate of drug-likeness (QED) is 0.864. The van der Waals surface area contributed by atoms with Crippen LogP contribution in [0.3, 0.4) is 0 Å². The van der Waals surface area contributed by atoms with Gasteiger partial charge in [0.15, 0.2) is 11.4 Å². The Balaban J connectivity index is 2.33. The van der Waals surface area contributed by atoms with E-state index in [0.717, 1.165) is 18.4 Å². The average Bonchev–Trinajstić information content (AvgIpc) is 3.09. The molecule has 1 N–H and O–H groups in total. The maximum absolute atomic E-state index is 13.8. The van der Waals surface area contributed by atoms with Crippen molar-refractivity contribution in [3.63, 3.8) is 0 Å². The van der Waals surface area contributed by atoms with Crippen molar-refractivity contribution < 1.29 is 13.2 Å². The van der Waals surface area contributed by atoms with Crippen molar-refractivity contribution in [2.45, 2.75) is 25.3 Å². The lowest BCUT2D eigenvalue weighted by atomic mass is 10.1. The zero-order chi connectivity index (χ0) is 12.9. The van der Waals surface area contributed by atoms with Crippen LogP contribution in [0.4, 0.5) is 8.78 Å². The molecule has 0 saturated heterocycles. The van der Waals surface area contributed by atoms with Gasteiger partial charge in [-0.2, -0.15) is 4.39 Å². The Labute approximate surface area is 111 Å². The predicted molar refractivity (Wildman–Crippen MR) is 68.6 cm³/mol. The van der Waals surface area contributed by atoms with Crippen LogP contribution in [0.25, 0.3) is 11.0 Å². The van der Waals surface area contributed by atoms with Crippen LogP contribution in [0.15, 0.2) is 15.0 Å². The number of halogens is 3. The first-order valence-electron chi connectivity index (χ1n) is 5.86. The van der Waals surface area contributed by atoms with Crippen molar-refractivity contribution in [2.24, 2.45) is 0 Å². The normalized spacial score (nSPS) is 15.6. The summed E-state index contributed by atoms with van der Waals surface area (Å²) in [6.45, 7) is 0.522. The minimum absolute atomic E-state index is 0.0222. The molecule has 1 aromatic heterocycles. The van der Waals surface area contributed by atoms with E-state index in [1.807, 2.05) is 0 Å². The van der Waals surface area contributed by atoms with Crippen molar-refractivity contribution in [1.29, 1.82) is 0 Å². The molecule has 3 rings (SSSR count). The van der Waals surface area contributed by atoms with Gasteiger partial charge in [0, 0.05) is 15.4 Å². The van der Waals surface area contributed by atoms with E-state index in [2.05, 4.69) is 21.2 Å². The molecule has 18 heavy (non-hydrogen) atoms. The summed E-state index contributed by atoms with van der Waals surface area (Å²) in [4.78, 5) is 0. The fourth-order valence-electron chi connectivity index (χ4n) is 2.33. The van der Waals surface area contributed by atoms with E-state index >= 15 is 0 Å². The second-order valence-corrected chi connectivity index (χ2v) is 5.46. The molecular formula is C13H12BrF2NO. The van der Waals surface area contributed by atoms with Crippen LogP contribution in [0.5, 0.6) is 0 Å². The largest absolute Gasteiger partial charge is 0.456 e. The first kappa shape index (κ1) is 12.1. The van der Waals surface area contributed by atoms with E-state index in [0.29, 0.717) is 28.1 Å². The van der Waals surface area contributed by atoms with Crippen molar-refractivity contribution >= 4 is 26.9 Å². The van der Waals surface area contributed by atoms with Crippen molar-refractivity contribution in [2.75, 3.05) is 7.05 Å². The van der Waals surface area contributed by atoms with Gasteiger partial charge in [-0.3, -0.25) is 0 Å². The fourth-order valence-corrected chi connectivity index (χ4v) is 2.93. The Morgan fingerprint density at radius 1 is 1.44 bits per heavy atom. The van der Waals surface area contributed by atoms with Crippen LogP contribution in [0.1, 0.15) is 30.1 Å². The van der Waals surface area contributed by atoms with Crippen LogP contribution in [-0.4, -0.2) is 7.05 Å². The number of hydrogen-bond donors (Lipinski definition) is 1. The zero-order valence-electron chi connectivity index (χ0n) is 9.82. The highest BCUT2D eigenvalue weighted by molar-refractivity contribution is 9.10. The Kier molecular flexibility index (Phi) is 2.90. The summed E-state index contributed by atoms with van der Waals surface area (Å²) < 4.78 is 33.2. The van der Waals surface area contributed by atoms with E-state index in [4.69, 9.17) is 4.42 Å². The molecule has 0 spiro atoms. The molecule has 1 heterocycles. The number of fused-ring (bicyclic) bond motifs is 1. The lowest BCUT2D eigenvalue weighted by molar-refractivity contribution is 0.471. The van der Waals surface area contributed by atoms with Gasteiger partial charge in [-0.25, -0.2) is 4.39 Å². The standard InChI is InChI=1S/C13H12BrF2NO/c1-17-5-9-10(6-2-3-6)11-7(14)4-8(15)12(16)13(11)18-9/h4,6,17H,2-3,5H2,1H3. The Hall–Kier alpha value is -0.940. The van der Waals surface area contributed by atoms with Crippen LogP contribution in [0.2, 0.25) is 0 Å². The lowest BCUT2D eigenvalue weighted by Crippen LogP contribution is -2.05.